The lowest BCUT2D eigenvalue weighted by Gasteiger charge is -2.45. The number of hydrogen-bond donors (Lipinski definition) is 4. The molecule has 4 N–H and O–H groups in total. The smallest absolute Gasteiger partial charge is 0.111 e. The van der Waals surface area contributed by atoms with Gasteiger partial charge in [-0.2, -0.15) is 0 Å². The summed E-state index contributed by atoms with van der Waals surface area (Å²) in [5.41, 5.74) is -0.367. The van der Waals surface area contributed by atoms with Crippen molar-refractivity contribution in [1.82, 2.24) is 0 Å². The predicted molar refractivity (Wildman–Crippen MR) is 53.2 cm³/mol. The van der Waals surface area contributed by atoms with Crippen LogP contribution in [0.15, 0.2) is 0 Å². The van der Waals surface area contributed by atoms with Crippen LogP contribution in [-0.2, 0) is 4.74 Å². The number of ether oxygens (including phenoxy) is 1. The van der Waals surface area contributed by atoms with Crippen LogP contribution < -0.4 is 0 Å². The molecule has 0 bridgehead atoms. The van der Waals surface area contributed by atoms with Crippen LogP contribution in [0.3, 0.4) is 0 Å². The van der Waals surface area contributed by atoms with Gasteiger partial charge in [-0.15, -0.1) is 0 Å². The first kappa shape index (κ1) is 12.9. The Hall–Kier alpha value is -0.200. The van der Waals surface area contributed by atoms with Gasteiger partial charge in [0.25, 0.3) is 0 Å². The SMILES string of the molecule is CC(C)(C)[C@@H]1OC(CO)[C@@H](O)C(O)[C@H]1O. The lowest BCUT2D eigenvalue weighted by Crippen LogP contribution is -2.61. The summed E-state index contributed by atoms with van der Waals surface area (Å²) in [7, 11) is 0. The van der Waals surface area contributed by atoms with Gasteiger partial charge in [0.2, 0.25) is 0 Å². The monoisotopic (exact) mass is 220 g/mol. The van der Waals surface area contributed by atoms with Crippen LogP contribution in [0.4, 0.5) is 0 Å². The first-order valence-corrected chi connectivity index (χ1v) is 5.09. The standard InChI is InChI=1S/C10H20O5/c1-10(2,3)9-8(14)7(13)6(12)5(4-11)15-9/h5-9,11-14H,4H2,1-3H3/t5?,6-,7?,8-,9-/m1/s1. The Balaban J connectivity index is 2.83. The molecule has 0 aromatic heterocycles. The van der Waals surface area contributed by atoms with E-state index >= 15 is 0 Å². The molecular weight excluding hydrogens is 200 g/mol. The molecule has 0 aromatic carbocycles. The maximum absolute atomic E-state index is 9.74. The third-order valence-electron chi connectivity index (χ3n) is 2.75. The van der Waals surface area contributed by atoms with Gasteiger partial charge in [-0.25, -0.2) is 0 Å². The first-order chi connectivity index (χ1) is 6.79. The Bertz CT molecular complexity index is 210. The summed E-state index contributed by atoms with van der Waals surface area (Å²) in [6.45, 7) is 5.21. The predicted octanol–water partition coefficient (Wildman–Crippen LogP) is -1.13. The number of rotatable bonds is 1. The van der Waals surface area contributed by atoms with Crippen molar-refractivity contribution in [2.45, 2.75) is 51.3 Å². The lowest BCUT2D eigenvalue weighted by molar-refractivity contribution is -0.250. The van der Waals surface area contributed by atoms with E-state index in [1.807, 2.05) is 20.8 Å². The zero-order chi connectivity index (χ0) is 11.8. The molecule has 0 radical (unpaired) electrons. The fourth-order valence-electron chi connectivity index (χ4n) is 1.82. The van der Waals surface area contributed by atoms with Crippen molar-refractivity contribution in [1.29, 1.82) is 0 Å². The molecule has 1 heterocycles. The molecule has 1 aliphatic heterocycles. The normalized spacial score (nSPS) is 43.0. The summed E-state index contributed by atoms with van der Waals surface area (Å²) >= 11 is 0. The van der Waals surface area contributed by atoms with Crippen molar-refractivity contribution in [2.24, 2.45) is 5.41 Å². The van der Waals surface area contributed by atoms with E-state index in [0.29, 0.717) is 0 Å². The highest BCUT2D eigenvalue weighted by Gasteiger charge is 2.47. The van der Waals surface area contributed by atoms with Crippen LogP contribution >= 0.6 is 0 Å². The Morgan fingerprint density at radius 3 is 1.93 bits per heavy atom. The van der Waals surface area contributed by atoms with Gasteiger partial charge in [-0.3, -0.25) is 0 Å². The highest BCUT2D eigenvalue weighted by molar-refractivity contribution is 4.96. The first-order valence-electron chi connectivity index (χ1n) is 5.09. The third kappa shape index (κ3) is 2.49. The second-order valence-corrected chi connectivity index (χ2v) is 5.12. The number of hydrogen-bond acceptors (Lipinski definition) is 5. The van der Waals surface area contributed by atoms with Crippen LogP contribution in [0.25, 0.3) is 0 Å². The highest BCUT2D eigenvalue weighted by Crippen LogP contribution is 2.32. The Labute approximate surface area is 89.3 Å². The highest BCUT2D eigenvalue weighted by atomic mass is 16.5. The van der Waals surface area contributed by atoms with Crippen LogP contribution in [0.2, 0.25) is 0 Å². The van der Waals surface area contributed by atoms with Gasteiger partial charge in [0.1, 0.15) is 24.4 Å². The third-order valence-corrected chi connectivity index (χ3v) is 2.75. The van der Waals surface area contributed by atoms with E-state index in [-0.39, 0.29) is 12.0 Å². The molecule has 0 saturated carbocycles. The molecule has 1 rings (SSSR count). The molecule has 15 heavy (non-hydrogen) atoms. The van der Waals surface area contributed by atoms with Crippen molar-refractivity contribution >= 4 is 0 Å². The summed E-state index contributed by atoms with van der Waals surface area (Å²) in [4.78, 5) is 0. The largest absolute Gasteiger partial charge is 0.394 e. The fourth-order valence-corrected chi connectivity index (χ4v) is 1.82. The minimum atomic E-state index is -1.28. The van der Waals surface area contributed by atoms with E-state index in [4.69, 9.17) is 9.84 Å². The lowest BCUT2D eigenvalue weighted by atomic mass is 9.80. The summed E-state index contributed by atoms with van der Waals surface area (Å²) in [5, 5.41) is 37.8. The average molecular weight is 220 g/mol. The van der Waals surface area contributed by atoms with E-state index in [1.165, 1.54) is 0 Å². The molecule has 0 aliphatic carbocycles. The van der Waals surface area contributed by atoms with Crippen LogP contribution in [0.5, 0.6) is 0 Å². The molecule has 2 unspecified atom stereocenters. The minimum absolute atomic E-state index is 0.367. The van der Waals surface area contributed by atoms with E-state index in [2.05, 4.69) is 0 Å². The van der Waals surface area contributed by atoms with Crippen molar-refractivity contribution in [2.75, 3.05) is 6.61 Å². The fraction of sp³-hybridized carbons (Fsp3) is 1.00. The molecule has 1 aliphatic rings. The summed E-state index contributed by atoms with van der Waals surface area (Å²) < 4.78 is 5.38. The van der Waals surface area contributed by atoms with E-state index < -0.39 is 30.5 Å². The summed E-state index contributed by atoms with van der Waals surface area (Å²) in [5.74, 6) is 0. The van der Waals surface area contributed by atoms with Crippen molar-refractivity contribution < 1.29 is 25.2 Å². The van der Waals surface area contributed by atoms with E-state index in [0.717, 1.165) is 0 Å². The van der Waals surface area contributed by atoms with Crippen molar-refractivity contribution in [3.8, 4) is 0 Å². The van der Waals surface area contributed by atoms with Crippen molar-refractivity contribution in [3.05, 3.63) is 0 Å². The van der Waals surface area contributed by atoms with Gasteiger partial charge >= 0.3 is 0 Å². The molecule has 1 fully saturated rings. The van der Waals surface area contributed by atoms with Crippen LogP contribution in [0.1, 0.15) is 20.8 Å². The number of aliphatic hydroxyl groups excluding tert-OH is 4. The molecule has 5 nitrogen and oxygen atoms in total. The summed E-state index contributed by atoms with van der Waals surface area (Å²) in [6, 6.07) is 0. The quantitative estimate of drug-likeness (QED) is 0.449. The van der Waals surface area contributed by atoms with Gasteiger partial charge in [-0.05, 0) is 5.41 Å². The van der Waals surface area contributed by atoms with Crippen molar-refractivity contribution in [3.63, 3.8) is 0 Å². The molecule has 90 valence electrons. The molecule has 5 heteroatoms. The zero-order valence-electron chi connectivity index (χ0n) is 9.29. The van der Waals surface area contributed by atoms with Crippen LogP contribution in [-0.4, -0.2) is 57.6 Å². The maximum atomic E-state index is 9.74. The van der Waals surface area contributed by atoms with Gasteiger partial charge in [0.05, 0.1) is 12.7 Å². The Kier molecular flexibility index (Phi) is 3.73. The van der Waals surface area contributed by atoms with E-state index in [1.54, 1.807) is 0 Å². The second kappa shape index (κ2) is 4.35. The average Bonchev–Trinajstić information content (AvgIpc) is 2.13. The van der Waals surface area contributed by atoms with Gasteiger partial charge in [0.15, 0.2) is 0 Å². The molecule has 0 aromatic rings. The van der Waals surface area contributed by atoms with E-state index in [9.17, 15) is 15.3 Å². The second-order valence-electron chi connectivity index (χ2n) is 5.12. The zero-order valence-corrected chi connectivity index (χ0v) is 9.29. The Morgan fingerprint density at radius 2 is 1.53 bits per heavy atom. The van der Waals surface area contributed by atoms with Gasteiger partial charge in [0, 0.05) is 0 Å². The Morgan fingerprint density at radius 1 is 1.00 bits per heavy atom. The summed E-state index contributed by atoms with van der Waals surface area (Å²) in [6.07, 6.45) is -5.10. The van der Waals surface area contributed by atoms with Gasteiger partial charge in [-0.1, -0.05) is 20.8 Å². The van der Waals surface area contributed by atoms with Gasteiger partial charge < -0.3 is 25.2 Å². The molecular formula is C10H20O5. The molecule has 1 saturated heterocycles. The minimum Gasteiger partial charge on any atom is -0.394 e. The topological polar surface area (TPSA) is 90.2 Å². The molecule has 5 atom stereocenters. The number of aliphatic hydroxyl groups is 4. The molecule has 0 amide bonds. The van der Waals surface area contributed by atoms with Crippen LogP contribution in [0, 0.1) is 5.41 Å². The maximum Gasteiger partial charge on any atom is 0.111 e. The molecule has 0 spiro atoms.